The highest BCUT2D eigenvalue weighted by Gasteiger charge is 2.29. The molecule has 10 nitrogen and oxygen atoms in total. The maximum Gasteiger partial charge on any atom is 0.488 e. The van der Waals surface area contributed by atoms with Crippen molar-refractivity contribution in [2.45, 2.75) is 18.9 Å². The molecule has 0 amide bonds. The first kappa shape index (κ1) is 23.6. The zero-order valence-corrected chi connectivity index (χ0v) is 20.6. The number of pyridine rings is 1. The van der Waals surface area contributed by atoms with Gasteiger partial charge in [0, 0.05) is 27.9 Å². The average molecular weight is 534 g/mol. The molecule has 2 aromatic carbocycles. The Kier molecular flexibility index (Phi) is 5.92. The topological polar surface area (TPSA) is 135 Å². The van der Waals surface area contributed by atoms with Crippen LogP contribution in [0.3, 0.4) is 0 Å². The molecule has 6 rings (SSSR count). The Balaban J connectivity index is 1.39. The molecule has 0 radical (unpaired) electrons. The lowest BCUT2D eigenvalue weighted by Gasteiger charge is -2.15. The van der Waals surface area contributed by atoms with E-state index in [2.05, 4.69) is 25.5 Å². The normalized spacial score (nSPS) is 14.6. The summed E-state index contributed by atoms with van der Waals surface area (Å²) in [5.74, 6) is 0.556. The lowest BCUT2D eigenvalue weighted by atomic mass is 9.79. The minimum absolute atomic E-state index is 0.183. The Hall–Kier alpha value is -3.77. The number of aromatic nitrogens is 7. The maximum atomic E-state index is 13.4. The fourth-order valence-electron chi connectivity index (χ4n) is 4.79. The Morgan fingerprint density at radius 2 is 1.92 bits per heavy atom. The van der Waals surface area contributed by atoms with Crippen LogP contribution in [0.2, 0.25) is 10.2 Å². The van der Waals surface area contributed by atoms with Gasteiger partial charge in [0.25, 0.3) is 5.56 Å². The summed E-state index contributed by atoms with van der Waals surface area (Å²) in [5, 5.41) is 31.2. The Morgan fingerprint density at radius 3 is 2.70 bits per heavy atom. The van der Waals surface area contributed by atoms with Crippen LogP contribution in [-0.4, -0.2) is 51.9 Å². The summed E-state index contributed by atoms with van der Waals surface area (Å²) in [6.45, 7) is 0. The van der Waals surface area contributed by atoms with Crippen LogP contribution in [0.4, 0.5) is 0 Å². The summed E-state index contributed by atoms with van der Waals surface area (Å²) in [4.78, 5) is 21.2. The van der Waals surface area contributed by atoms with Gasteiger partial charge < -0.3 is 19.6 Å². The molecule has 0 spiro atoms. The summed E-state index contributed by atoms with van der Waals surface area (Å²) < 4.78 is 3.24. The summed E-state index contributed by atoms with van der Waals surface area (Å²) in [6.07, 6.45) is 2.80. The summed E-state index contributed by atoms with van der Waals surface area (Å²) in [7, 11) is -1.60. The fourth-order valence-corrected chi connectivity index (χ4v) is 5.21. The molecular formula is C24H18BCl2N7O3. The zero-order valence-electron chi connectivity index (χ0n) is 19.1. The number of benzene rings is 2. The third kappa shape index (κ3) is 4.25. The predicted octanol–water partition coefficient (Wildman–Crippen LogP) is 2.40. The van der Waals surface area contributed by atoms with Gasteiger partial charge in [0.15, 0.2) is 5.15 Å². The molecule has 1 atom stereocenters. The van der Waals surface area contributed by atoms with E-state index in [1.807, 2.05) is 6.07 Å². The van der Waals surface area contributed by atoms with E-state index in [0.717, 1.165) is 11.3 Å². The number of tetrazole rings is 1. The molecule has 13 heteroatoms. The van der Waals surface area contributed by atoms with Crippen LogP contribution in [0, 0.1) is 0 Å². The van der Waals surface area contributed by atoms with E-state index in [-0.39, 0.29) is 16.8 Å². The van der Waals surface area contributed by atoms with Crippen LogP contribution in [0.1, 0.15) is 24.0 Å². The highest BCUT2D eigenvalue weighted by atomic mass is 35.5. The summed E-state index contributed by atoms with van der Waals surface area (Å²) >= 11 is 12.7. The van der Waals surface area contributed by atoms with Crippen molar-refractivity contribution in [3.63, 3.8) is 0 Å². The zero-order chi connectivity index (χ0) is 25.7. The van der Waals surface area contributed by atoms with Crippen LogP contribution < -0.4 is 11.0 Å². The van der Waals surface area contributed by atoms with Crippen LogP contribution in [0.5, 0.6) is 0 Å². The van der Waals surface area contributed by atoms with Crippen molar-refractivity contribution in [2.75, 3.05) is 0 Å². The van der Waals surface area contributed by atoms with Crippen molar-refractivity contribution in [2.24, 2.45) is 0 Å². The largest absolute Gasteiger partial charge is 0.488 e. The number of nitrogens with one attached hydrogen (secondary N) is 1. The molecule has 0 saturated carbocycles. The second kappa shape index (κ2) is 9.27. The molecule has 0 aliphatic carbocycles. The minimum Gasteiger partial charge on any atom is -0.423 e. The first-order valence-corrected chi connectivity index (χ1v) is 12.2. The fraction of sp³-hybridized carbons (Fsp3) is 0.125. The lowest BCUT2D eigenvalue weighted by molar-refractivity contribution is 0.426. The SMILES string of the molecule is O=c1cc(-c2cc(Cl)ccc2-n2cnnn2)cc2n1[C@H](c1nc(Cl)c(-c3cccc(B(O)O)c3)[nH]1)CC2. The van der Waals surface area contributed by atoms with Gasteiger partial charge in [-0.15, -0.1) is 5.10 Å². The molecule has 0 fully saturated rings. The smallest absolute Gasteiger partial charge is 0.423 e. The van der Waals surface area contributed by atoms with Crippen molar-refractivity contribution >= 4 is 35.8 Å². The van der Waals surface area contributed by atoms with Crippen LogP contribution in [0.25, 0.3) is 28.1 Å². The van der Waals surface area contributed by atoms with Gasteiger partial charge >= 0.3 is 7.12 Å². The molecule has 0 bridgehead atoms. The lowest BCUT2D eigenvalue weighted by Crippen LogP contribution is -2.29. The van der Waals surface area contributed by atoms with Crippen molar-refractivity contribution in [3.05, 3.63) is 93.0 Å². The van der Waals surface area contributed by atoms with Gasteiger partial charge in [-0.3, -0.25) is 4.79 Å². The Labute approximate surface area is 220 Å². The van der Waals surface area contributed by atoms with Crippen molar-refractivity contribution in [3.8, 4) is 28.1 Å². The van der Waals surface area contributed by atoms with E-state index in [9.17, 15) is 14.8 Å². The molecule has 184 valence electrons. The van der Waals surface area contributed by atoms with Gasteiger partial charge in [-0.1, -0.05) is 47.5 Å². The molecular weight excluding hydrogens is 516 g/mol. The number of hydrogen-bond acceptors (Lipinski definition) is 7. The maximum absolute atomic E-state index is 13.4. The highest BCUT2D eigenvalue weighted by molar-refractivity contribution is 6.58. The molecule has 1 aliphatic rings. The van der Waals surface area contributed by atoms with Crippen molar-refractivity contribution in [1.29, 1.82) is 0 Å². The summed E-state index contributed by atoms with van der Waals surface area (Å²) in [6, 6.07) is 15.3. The second-order valence-electron chi connectivity index (χ2n) is 8.70. The molecule has 3 N–H and O–H groups in total. The monoisotopic (exact) mass is 533 g/mol. The van der Waals surface area contributed by atoms with E-state index in [0.29, 0.717) is 51.7 Å². The number of nitrogens with zero attached hydrogens (tertiary/aromatic N) is 6. The number of H-pyrrole nitrogens is 1. The minimum atomic E-state index is -1.60. The predicted molar refractivity (Wildman–Crippen MR) is 139 cm³/mol. The van der Waals surface area contributed by atoms with Gasteiger partial charge in [-0.25, -0.2) is 4.98 Å². The first-order valence-electron chi connectivity index (χ1n) is 11.4. The van der Waals surface area contributed by atoms with Crippen molar-refractivity contribution in [1.82, 2.24) is 34.7 Å². The third-order valence-electron chi connectivity index (χ3n) is 6.47. The van der Waals surface area contributed by atoms with Gasteiger partial charge in [-0.2, -0.15) is 4.68 Å². The molecule has 5 aromatic rings. The Bertz CT molecular complexity index is 1680. The van der Waals surface area contributed by atoms with Crippen molar-refractivity contribution < 1.29 is 10.0 Å². The molecule has 3 aromatic heterocycles. The number of rotatable bonds is 5. The number of imidazole rings is 1. The van der Waals surface area contributed by atoms with Crippen LogP contribution in [-0.2, 0) is 6.42 Å². The second-order valence-corrected chi connectivity index (χ2v) is 9.50. The third-order valence-corrected chi connectivity index (χ3v) is 6.97. The number of aromatic amines is 1. The summed E-state index contributed by atoms with van der Waals surface area (Å²) in [5.41, 5.74) is 4.36. The van der Waals surface area contributed by atoms with E-state index in [1.165, 1.54) is 11.0 Å². The number of aryl methyl sites for hydroxylation is 1. The van der Waals surface area contributed by atoms with Gasteiger partial charge in [0.05, 0.1) is 17.4 Å². The highest BCUT2D eigenvalue weighted by Crippen LogP contribution is 2.35. The molecule has 37 heavy (non-hydrogen) atoms. The first-order chi connectivity index (χ1) is 17.9. The van der Waals surface area contributed by atoms with E-state index >= 15 is 0 Å². The average Bonchev–Trinajstić information content (AvgIpc) is 3.64. The number of fused-ring (bicyclic) bond motifs is 1. The molecule has 4 heterocycles. The van der Waals surface area contributed by atoms with E-state index in [1.54, 1.807) is 53.1 Å². The molecule has 1 aliphatic heterocycles. The van der Waals surface area contributed by atoms with Crippen LogP contribution in [0.15, 0.2) is 65.7 Å². The quantitative estimate of drug-likeness (QED) is 0.295. The van der Waals surface area contributed by atoms with E-state index < -0.39 is 7.12 Å². The van der Waals surface area contributed by atoms with E-state index in [4.69, 9.17) is 23.2 Å². The molecule has 0 saturated heterocycles. The molecule has 0 unspecified atom stereocenters. The standard InChI is InChI=1S/C24H18BCl2N7O3/c26-16-4-6-19(33-12-28-31-32-33)18(11-16)14-9-17-5-7-20(34(17)21(35)10-14)24-29-22(23(27)30-24)13-2-1-3-15(8-13)25(36)37/h1-4,6,8-12,20,36-37H,5,7H2,(H,29,30)/t20-/m0/s1. The number of halogens is 2. The number of hydrogen-bond donors (Lipinski definition) is 3. The van der Waals surface area contributed by atoms with Gasteiger partial charge in [0.2, 0.25) is 0 Å². The van der Waals surface area contributed by atoms with Gasteiger partial charge in [-0.05, 0) is 58.6 Å². The van der Waals surface area contributed by atoms with Crippen LogP contribution >= 0.6 is 23.2 Å². The Morgan fingerprint density at radius 1 is 1.05 bits per heavy atom. The van der Waals surface area contributed by atoms with Gasteiger partial charge in [0.1, 0.15) is 12.2 Å².